The van der Waals surface area contributed by atoms with Gasteiger partial charge in [0.05, 0.1) is 13.0 Å². The Kier molecular flexibility index (Phi) is 3.54. The second-order valence-corrected chi connectivity index (χ2v) is 4.95. The normalized spacial score (nSPS) is 23.1. The Morgan fingerprint density at radius 1 is 1.44 bits per heavy atom. The average Bonchev–Trinajstić information content (AvgIpc) is 3.11. The monoisotopic (exact) mass is 254 g/mol. The topological polar surface area (TPSA) is 66.9 Å². The summed E-state index contributed by atoms with van der Waals surface area (Å²) in [5, 5.41) is 0. The Hall–Kier alpha value is -1.59. The highest BCUT2D eigenvalue weighted by Crippen LogP contribution is 2.32. The minimum absolute atomic E-state index is 0.0577. The largest absolute Gasteiger partial charge is 0.468 e. The summed E-state index contributed by atoms with van der Waals surface area (Å²) in [6.45, 7) is 0.428. The molecular formula is C12H18N2O4. The van der Waals surface area contributed by atoms with Crippen molar-refractivity contribution in [3.63, 3.8) is 0 Å². The van der Waals surface area contributed by atoms with Crippen LogP contribution in [-0.2, 0) is 19.1 Å². The quantitative estimate of drug-likeness (QED) is 0.642. The van der Waals surface area contributed by atoms with Crippen LogP contribution in [0.1, 0.15) is 19.3 Å². The van der Waals surface area contributed by atoms with Gasteiger partial charge in [-0.15, -0.1) is 0 Å². The van der Waals surface area contributed by atoms with Crippen molar-refractivity contribution in [2.45, 2.75) is 25.3 Å². The molecule has 2 fully saturated rings. The smallest absolute Gasteiger partial charge is 0.325 e. The highest BCUT2D eigenvalue weighted by Gasteiger charge is 2.42. The van der Waals surface area contributed by atoms with Gasteiger partial charge in [-0.2, -0.15) is 0 Å². The van der Waals surface area contributed by atoms with Crippen LogP contribution in [0.5, 0.6) is 0 Å². The molecule has 1 aliphatic heterocycles. The van der Waals surface area contributed by atoms with Crippen molar-refractivity contribution in [3.05, 3.63) is 0 Å². The van der Waals surface area contributed by atoms with Crippen molar-refractivity contribution >= 4 is 17.8 Å². The molecule has 0 spiro atoms. The van der Waals surface area contributed by atoms with Crippen LogP contribution in [0.15, 0.2) is 0 Å². The molecule has 1 unspecified atom stereocenters. The van der Waals surface area contributed by atoms with Gasteiger partial charge in [0.1, 0.15) is 6.54 Å². The molecule has 1 atom stereocenters. The van der Waals surface area contributed by atoms with Gasteiger partial charge in [-0.05, 0) is 12.8 Å². The number of hydrogen-bond acceptors (Lipinski definition) is 4. The third-order valence-electron chi connectivity index (χ3n) is 3.47. The SMILES string of the molecule is COC(=O)CN(C)C(=O)C1CC(=O)N(C2CC2)C1. The summed E-state index contributed by atoms with van der Waals surface area (Å²) < 4.78 is 4.51. The van der Waals surface area contributed by atoms with Crippen LogP contribution in [0.4, 0.5) is 0 Å². The predicted octanol–water partition coefficient (Wildman–Crippen LogP) is -0.371. The van der Waals surface area contributed by atoms with Crippen LogP contribution in [0, 0.1) is 5.92 Å². The van der Waals surface area contributed by atoms with Crippen LogP contribution >= 0.6 is 0 Å². The summed E-state index contributed by atoms with van der Waals surface area (Å²) in [4.78, 5) is 38.0. The van der Waals surface area contributed by atoms with Crippen molar-refractivity contribution in [1.29, 1.82) is 0 Å². The van der Waals surface area contributed by atoms with Gasteiger partial charge in [-0.1, -0.05) is 0 Å². The minimum Gasteiger partial charge on any atom is -0.468 e. The van der Waals surface area contributed by atoms with Crippen LogP contribution in [0.2, 0.25) is 0 Å². The van der Waals surface area contributed by atoms with Gasteiger partial charge in [0, 0.05) is 26.1 Å². The molecule has 0 N–H and O–H groups in total. The lowest BCUT2D eigenvalue weighted by Crippen LogP contribution is -2.38. The van der Waals surface area contributed by atoms with E-state index in [1.165, 1.54) is 12.0 Å². The fourth-order valence-electron chi connectivity index (χ4n) is 2.28. The molecule has 1 heterocycles. The zero-order valence-electron chi connectivity index (χ0n) is 10.7. The molecule has 18 heavy (non-hydrogen) atoms. The molecule has 100 valence electrons. The molecule has 6 nitrogen and oxygen atoms in total. The van der Waals surface area contributed by atoms with Crippen molar-refractivity contribution in [3.8, 4) is 0 Å². The zero-order valence-corrected chi connectivity index (χ0v) is 10.7. The number of esters is 1. The summed E-state index contributed by atoms with van der Waals surface area (Å²) >= 11 is 0. The fraction of sp³-hybridized carbons (Fsp3) is 0.750. The van der Waals surface area contributed by atoms with Crippen molar-refractivity contribution < 1.29 is 19.1 Å². The molecule has 1 saturated heterocycles. The number of rotatable bonds is 4. The van der Waals surface area contributed by atoms with Crippen LogP contribution < -0.4 is 0 Å². The van der Waals surface area contributed by atoms with E-state index in [0.29, 0.717) is 12.6 Å². The van der Waals surface area contributed by atoms with E-state index < -0.39 is 5.97 Å². The molecular weight excluding hydrogens is 236 g/mol. The molecule has 2 amide bonds. The predicted molar refractivity (Wildman–Crippen MR) is 62.5 cm³/mol. The van der Waals surface area contributed by atoms with Gasteiger partial charge in [0.2, 0.25) is 11.8 Å². The lowest BCUT2D eigenvalue weighted by atomic mass is 10.1. The van der Waals surface area contributed by atoms with Crippen LogP contribution in [0.25, 0.3) is 0 Å². The number of carbonyl (C=O) groups excluding carboxylic acids is 3. The summed E-state index contributed by atoms with van der Waals surface area (Å²) in [6.07, 6.45) is 2.36. The first-order valence-corrected chi connectivity index (χ1v) is 6.14. The summed E-state index contributed by atoms with van der Waals surface area (Å²) in [7, 11) is 2.85. The van der Waals surface area contributed by atoms with Crippen LogP contribution in [0.3, 0.4) is 0 Å². The first-order valence-electron chi connectivity index (χ1n) is 6.14. The summed E-state index contributed by atoms with van der Waals surface area (Å²) in [5.74, 6) is -0.860. The van der Waals surface area contributed by atoms with E-state index in [2.05, 4.69) is 4.74 Å². The maximum atomic E-state index is 12.1. The number of carbonyl (C=O) groups is 3. The van der Waals surface area contributed by atoms with Gasteiger partial charge >= 0.3 is 5.97 Å². The molecule has 6 heteroatoms. The highest BCUT2D eigenvalue weighted by atomic mass is 16.5. The molecule has 0 aromatic rings. The number of likely N-dealkylation sites (tertiary alicyclic amines) is 1. The Morgan fingerprint density at radius 2 is 2.11 bits per heavy atom. The number of nitrogens with zero attached hydrogens (tertiary/aromatic N) is 2. The lowest BCUT2D eigenvalue weighted by molar-refractivity contribution is -0.147. The molecule has 0 radical (unpaired) electrons. The number of ether oxygens (including phenoxy) is 1. The van der Waals surface area contributed by atoms with Gasteiger partial charge in [0.25, 0.3) is 0 Å². The first-order chi connectivity index (χ1) is 8.52. The average molecular weight is 254 g/mol. The van der Waals surface area contributed by atoms with Gasteiger partial charge < -0.3 is 14.5 Å². The van der Waals surface area contributed by atoms with E-state index in [1.54, 1.807) is 11.9 Å². The van der Waals surface area contributed by atoms with E-state index in [0.717, 1.165) is 12.8 Å². The van der Waals surface area contributed by atoms with E-state index in [4.69, 9.17) is 0 Å². The van der Waals surface area contributed by atoms with Gasteiger partial charge in [-0.25, -0.2) is 0 Å². The minimum atomic E-state index is -0.450. The zero-order chi connectivity index (χ0) is 13.3. The second kappa shape index (κ2) is 4.96. The third kappa shape index (κ3) is 2.63. The summed E-state index contributed by atoms with van der Waals surface area (Å²) in [5.41, 5.74) is 0. The van der Waals surface area contributed by atoms with Crippen molar-refractivity contribution in [1.82, 2.24) is 9.80 Å². The lowest BCUT2D eigenvalue weighted by Gasteiger charge is -2.20. The number of hydrogen-bond donors (Lipinski definition) is 0. The highest BCUT2D eigenvalue weighted by molar-refractivity contribution is 5.90. The molecule has 0 aromatic heterocycles. The van der Waals surface area contributed by atoms with E-state index in [9.17, 15) is 14.4 Å². The fourth-order valence-corrected chi connectivity index (χ4v) is 2.28. The third-order valence-corrected chi connectivity index (χ3v) is 3.47. The molecule has 1 aliphatic carbocycles. The number of methoxy groups -OCH3 is 1. The molecule has 1 saturated carbocycles. The Balaban J connectivity index is 1.89. The van der Waals surface area contributed by atoms with E-state index >= 15 is 0 Å². The van der Waals surface area contributed by atoms with E-state index in [1.807, 2.05) is 0 Å². The second-order valence-electron chi connectivity index (χ2n) is 4.95. The van der Waals surface area contributed by atoms with E-state index in [-0.39, 0.29) is 30.7 Å². The molecule has 0 bridgehead atoms. The Labute approximate surface area is 106 Å². The first kappa shape index (κ1) is 12.9. The van der Waals surface area contributed by atoms with Gasteiger partial charge in [-0.3, -0.25) is 14.4 Å². The molecule has 2 aliphatic rings. The summed E-state index contributed by atoms with van der Waals surface area (Å²) in [6, 6.07) is 0.348. The van der Waals surface area contributed by atoms with Gasteiger partial charge in [0.15, 0.2) is 0 Å². The maximum Gasteiger partial charge on any atom is 0.325 e. The Morgan fingerprint density at radius 3 is 2.67 bits per heavy atom. The molecule has 2 rings (SSSR count). The van der Waals surface area contributed by atoms with Crippen LogP contribution in [-0.4, -0.2) is 60.9 Å². The number of amides is 2. The Bertz CT molecular complexity index is 378. The molecule has 0 aromatic carbocycles. The van der Waals surface area contributed by atoms with Crippen molar-refractivity contribution in [2.75, 3.05) is 27.2 Å². The van der Waals surface area contributed by atoms with Crippen molar-refractivity contribution in [2.24, 2.45) is 5.92 Å². The number of likely N-dealkylation sites (N-methyl/N-ethyl adjacent to an activating group) is 1. The standard InChI is InChI=1S/C12H18N2O4/c1-13(7-11(16)18-2)12(17)8-5-10(15)14(6-8)9-3-4-9/h8-9H,3-7H2,1-2H3. The maximum absolute atomic E-state index is 12.1.